The highest BCUT2D eigenvalue weighted by molar-refractivity contribution is 6.30. The molecule has 0 aliphatic carbocycles. The van der Waals surface area contributed by atoms with Crippen LogP contribution in [-0.4, -0.2) is 40.0 Å². The summed E-state index contributed by atoms with van der Waals surface area (Å²) in [5.41, 5.74) is 0. The molecule has 0 amide bonds. The number of rotatable bonds is 2. The molecule has 2 saturated heterocycles. The Morgan fingerprint density at radius 3 is 2.88 bits per heavy atom. The first-order chi connectivity index (χ1) is 8.31. The minimum atomic E-state index is 0.510. The van der Waals surface area contributed by atoms with Crippen LogP contribution in [0.3, 0.4) is 0 Å². The number of hydrogen-bond donors (Lipinski definition) is 1. The fourth-order valence-corrected chi connectivity index (χ4v) is 3.02. The normalized spacial score (nSPS) is 29.0. The largest absolute Gasteiger partial charge is 0.351 e. The minimum absolute atomic E-state index is 0.510. The zero-order valence-corrected chi connectivity index (χ0v) is 10.5. The number of anilines is 1. The fraction of sp³-hybridized carbons (Fsp3) is 0.667. The number of fused-ring (bicyclic) bond motifs is 1. The van der Waals surface area contributed by atoms with Crippen LogP contribution in [0.1, 0.15) is 25.7 Å². The van der Waals surface area contributed by atoms with Gasteiger partial charge in [0.15, 0.2) is 0 Å². The average Bonchev–Trinajstić information content (AvgIpc) is 2.79. The Morgan fingerprint density at radius 2 is 2.06 bits per heavy atom. The Bertz CT molecular complexity index is 381. The molecule has 2 aliphatic rings. The van der Waals surface area contributed by atoms with Gasteiger partial charge in [0.05, 0.1) is 17.4 Å². The molecular weight excluding hydrogens is 236 g/mol. The van der Waals surface area contributed by atoms with Crippen molar-refractivity contribution in [2.24, 2.45) is 0 Å². The first-order valence-electron chi connectivity index (χ1n) is 6.29. The van der Waals surface area contributed by atoms with E-state index in [9.17, 15) is 0 Å². The molecule has 1 aromatic heterocycles. The molecule has 17 heavy (non-hydrogen) atoms. The van der Waals surface area contributed by atoms with Crippen molar-refractivity contribution in [3.63, 3.8) is 0 Å². The first kappa shape index (κ1) is 11.2. The zero-order chi connectivity index (χ0) is 11.7. The molecule has 92 valence electrons. The molecule has 2 aliphatic heterocycles. The third kappa shape index (κ3) is 2.53. The van der Waals surface area contributed by atoms with Gasteiger partial charge in [-0.15, -0.1) is 0 Å². The molecule has 0 spiro atoms. The highest BCUT2D eigenvalue weighted by Gasteiger charge is 2.31. The Hall–Kier alpha value is -0.870. The van der Waals surface area contributed by atoms with Crippen molar-refractivity contribution in [3.8, 4) is 0 Å². The number of aromatic nitrogens is 2. The summed E-state index contributed by atoms with van der Waals surface area (Å²) in [6, 6.07) is 1.28. The van der Waals surface area contributed by atoms with Gasteiger partial charge in [-0.1, -0.05) is 11.6 Å². The maximum absolute atomic E-state index is 5.77. The van der Waals surface area contributed by atoms with Crippen LogP contribution in [0.2, 0.25) is 5.02 Å². The molecule has 0 radical (unpaired) electrons. The molecule has 0 aromatic carbocycles. The summed E-state index contributed by atoms with van der Waals surface area (Å²) < 4.78 is 0. The molecule has 1 aromatic rings. The Morgan fingerprint density at radius 1 is 1.24 bits per heavy atom. The van der Waals surface area contributed by atoms with Gasteiger partial charge >= 0.3 is 0 Å². The molecule has 2 fully saturated rings. The van der Waals surface area contributed by atoms with E-state index in [0.29, 0.717) is 17.0 Å². The van der Waals surface area contributed by atoms with Crippen molar-refractivity contribution in [2.75, 3.05) is 18.4 Å². The highest BCUT2D eigenvalue weighted by Crippen LogP contribution is 2.27. The van der Waals surface area contributed by atoms with Crippen molar-refractivity contribution in [3.05, 3.63) is 17.4 Å². The second-order valence-electron chi connectivity index (χ2n) is 4.92. The molecular formula is C12H17ClN4. The van der Waals surface area contributed by atoms with Crippen molar-refractivity contribution < 1.29 is 0 Å². The van der Waals surface area contributed by atoms with Gasteiger partial charge in [-0.05, 0) is 32.2 Å². The van der Waals surface area contributed by atoms with Crippen LogP contribution in [0.25, 0.3) is 0 Å². The van der Waals surface area contributed by atoms with Crippen LogP contribution in [0.15, 0.2) is 12.4 Å². The van der Waals surface area contributed by atoms with Crippen molar-refractivity contribution in [1.82, 2.24) is 14.9 Å². The molecule has 0 unspecified atom stereocenters. The van der Waals surface area contributed by atoms with Gasteiger partial charge in [0.1, 0.15) is 0 Å². The summed E-state index contributed by atoms with van der Waals surface area (Å²) in [7, 11) is 0. The molecule has 0 saturated carbocycles. The summed E-state index contributed by atoms with van der Waals surface area (Å²) in [5.74, 6) is 0.700. The van der Waals surface area contributed by atoms with Crippen molar-refractivity contribution in [2.45, 2.75) is 37.8 Å². The van der Waals surface area contributed by atoms with E-state index in [1.54, 1.807) is 12.4 Å². The van der Waals surface area contributed by atoms with Crippen LogP contribution in [-0.2, 0) is 0 Å². The molecule has 3 heterocycles. The maximum atomic E-state index is 5.77. The number of piperidine rings is 1. The lowest BCUT2D eigenvalue weighted by atomic mass is 9.98. The van der Waals surface area contributed by atoms with E-state index in [2.05, 4.69) is 20.2 Å². The van der Waals surface area contributed by atoms with Crippen LogP contribution in [0.5, 0.6) is 0 Å². The second-order valence-corrected chi connectivity index (χ2v) is 5.36. The lowest BCUT2D eigenvalue weighted by Crippen LogP contribution is -2.42. The molecule has 0 bridgehead atoms. The van der Waals surface area contributed by atoms with Crippen LogP contribution >= 0.6 is 11.6 Å². The molecule has 3 rings (SSSR count). The van der Waals surface area contributed by atoms with E-state index in [0.717, 1.165) is 6.04 Å². The van der Waals surface area contributed by atoms with E-state index >= 15 is 0 Å². The molecule has 2 atom stereocenters. The second kappa shape index (κ2) is 4.78. The van der Waals surface area contributed by atoms with Gasteiger partial charge in [-0.3, -0.25) is 0 Å². The lowest BCUT2D eigenvalue weighted by molar-refractivity contribution is 0.188. The number of hydrogen-bond acceptors (Lipinski definition) is 4. The molecule has 1 N–H and O–H groups in total. The first-order valence-corrected chi connectivity index (χ1v) is 6.67. The van der Waals surface area contributed by atoms with Crippen molar-refractivity contribution in [1.29, 1.82) is 0 Å². The summed E-state index contributed by atoms with van der Waals surface area (Å²) in [4.78, 5) is 11.0. The summed E-state index contributed by atoms with van der Waals surface area (Å²) in [5, 5.41) is 4.00. The van der Waals surface area contributed by atoms with Gasteiger partial charge in [0.2, 0.25) is 5.95 Å². The van der Waals surface area contributed by atoms with E-state index < -0.39 is 0 Å². The van der Waals surface area contributed by atoms with Gasteiger partial charge in [-0.25, -0.2) is 9.97 Å². The Kier molecular flexibility index (Phi) is 3.16. The third-order valence-electron chi connectivity index (χ3n) is 3.77. The topological polar surface area (TPSA) is 41.1 Å². The van der Waals surface area contributed by atoms with E-state index in [-0.39, 0.29) is 0 Å². The highest BCUT2D eigenvalue weighted by atomic mass is 35.5. The summed E-state index contributed by atoms with van der Waals surface area (Å²) >= 11 is 5.77. The zero-order valence-electron chi connectivity index (χ0n) is 9.77. The summed E-state index contributed by atoms with van der Waals surface area (Å²) in [6.07, 6.45) is 8.38. The SMILES string of the molecule is Clc1cnc(N[C@@H]2CCN3CCC[C@H]3C2)nc1. The average molecular weight is 253 g/mol. The molecule has 5 heteroatoms. The minimum Gasteiger partial charge on any atom is -0.351 e. The smallest absolute Gasteiger partial charge is 0.222 e. The maximum Gasteiger partial charge on any atom is 0.222 e. The predicted octanol–water partition coefficient (Wildman–Crippen LogP) is 2.17. The number of nitrogens with zero attached hydrogens (tertiary/aromatic N) is 3. The lowest BCUT2D eigenvalue weighted by Gasteiger charge is -2.35. The monoisotopic (exact) mass is 252 g/mol. The van der Waals surface area contributed by atoms with E-state index in [1.807, 2.05) is 0 Å². The molecule has 4 nitrogen and oxygen atoms in total. The number of nitrogens with one attached hydrogen (secondary N) is 1. The standard InChI is InChI=1S/C12H17ClN4/c13-9-7-14-12(15-8-9)16-10-3-5-17-4-1-2-11(17)6-10/h7-8,10-11H,1-6H2,(H,14,15,16)/t10-,11+/m1/s1. The number of halogens is 1. The predicted molar refractivity (Wildman–Crippen MR) is 68.3 cm³/mol. The van der Waals surface area contributed by atoms with E-state index in [1.165, 1.54) is 38.8 Å². The fourth-order valence-electron chi connectivity index (χ4n) is 2.92. The van der Waals surface area contributed by atoms with Gasteiger partial charge in [0, 0.05) is 18.6 Å². The van der Waals surface area contributed by atoms with Crippen LogP contribution < -0.4 is 5.32 Å². The quantitative estimate of drug-likeness (QED) is 0.876. The Labute approximate surface area is 106 Å². The van der Waals surface area contributed by atoms with Crippen LogP contribution in [0.4, 0.5) is 5.95 Å². The third-order valence-corrected chi connectivity index (χ3v) is 3.97. The van der Waals surface area contributed by atoms with Crippen molar-refractivity contribution >= 4 is 17.5 Å². The van der Waals surface area contributed by atoms with Gasteiger partial charge in [0.25, 0.3) is 0 Å². The van der Waals surface area contributed by atoms with Crippen LogP contribution in [0, 0.1) is 0 Å². The summed E-state index contributed by atoms with van der Waals surface area (Å²) in [6.45, 7) is 2.49. The Balaban J connectivity index is 1.60. The van der Waals surface area contributed by atoms with Gasteiger partial charge in [-0.2, -0.15) is 0 Å². The van der Waals surface area contributed by atoms with E-state index in [4.69, 9.17) is 11.6 Å². The van der Waals surface area contributed by atoms with Gasteiger partial charge < -0.3 is 10.2 Å².